The lowest BCUT2D eigenvalue weighted by Crippen LogP contribution is -2.40. The Morgan fingerprint density at radius 3 is 2.32 bits per heavy atom. The lowest BCUT2D eigenvalue weighted by Gasteiger charge is -2.31. The van der Waals surface area contributed by atoms with E-state index in [1.807, 2.05) is 17.5 Å². The molecule has 4 rings (SSSR count). The first-order chi connectivity index (χ1) is 13.5. The smallest absolute Gasteiger partial charge is 0.316 e. The second-order valence-electron chi connectivity index (χ2n) is 6.62. The monoisotopic (exact) mass is 400 g/mol. The van der Waals surface area contributed by atoms with Gasteiger partial charge in [-0.3, -0.25) is 14.4 Å². The number of anilines is 2. The number of hydrogen-bond acceptors (Lipinski definition) is 6. The lowest BCUT2D eigenvalue weighted by molar-refractivity contribution is 0.103. The van der Waals surface area contributed by atoms with Gasteiger partial charge >= 0.3 is 11.1 Å². The summed E-state index contributed by atoms with van der Waals surface area (Å²) in [7, 11) is 3.14. The number of thiophene rings is 1. The van der Waals surface area contributed by atoms with Crippen LogP contribution < -0.4 is 21.3 Å². The van der Waals surface area contributed by atoms with E-state index in [4.69, 9.17) is 4.74 Å². The maximum Gasteiger partial charge on any atom is 0.316 e. The molecule has 1 aliphatic heterocycles. The minimum atomic E-state index is -0.607. The van der Waals surface area contributed by atoms with Crippen LogP contribution in [0.1, 0.15) is 9.67 Å². The van der Waals surface area contributed by atoms with Crippen LogP contribution in [0.3, 0.4) is 0 Å². The van der Waals surface area contributed by atoms with Crippen LogP contribution in [0, 0.1) is 0 Å². The van der Waals surface area contributed by atoms with Gasteiger partial charge in [0.05, 0.1) is 40.5 Å². The topological polar surface area (TPSA) is 85.6 Å². The van der Waals surface area contributed by atoms with E-state index in [2.05, 4.69) is 10.2 Å². The molecule has 2 aromatic heterocycles. The average Bonchev–Trinajstić information content (AvgIpc) is 3.26. The van der Waals surface area contributed by atoms with Crippen LogP contribution in [-0.4, -0.2) is 41.3 Å². The summed E-state index contributed by atoms with van der Waals surface area (Å²) < 4.78 is 8.11. The summed E-state index contributed by atoms with van der Waals surface area (Å²) in [5, 5.41) is 4.81. The van der Waals surface area contributed by atoms with Crippen molar-refractivity contribution in [3.63, 3.8) is 0 Å². The van der Waals surface area contributed by atoms with Crippen molar-refractivity contribution in [2.45, 2.75) is 0 Å². The van der Waals surface area contributed by atoms with E-state index in [1.165, 1.54) is 20.5 Å². The van der Waals surface area contributed by atoms with Gasteiger partial charge in [0, 0.05) is 27.2 Å². The highest BCUT2D eigenvalue weighted by Crippen LogP contribution is 2.31. The highest BCUT2D eigenvalue weighted by atomic mass is 32.1. The number of carbonyl (C=O) groups excluding carboxylic acids is 1. The molecular formula is C19H20N4O4S. The summed E-state index contributed by atoms with van der Waals surface area (Å²) in [4.78, 5) is 39.8. The van der Waals surface area contributed by atoms with Crippen molar-refractivity contribution in [1.29, 1.82) is 0 Å². The number of rotatable bonds is 3. The molecule has 8 nitrogen and oxygen atoms in total. The summed E-state index contributed by atoms with van der Waals surface area (Å²) in [6.07, 6.45) is 0. The van der Waals surface area contributed by atoms with Gasteiger partial charge in [0.15, 0.2) is 0 Å². The third kappa shape index (κ3) is 3.12. The fraction of sp³-hybridized carbons (Fsp3) is 0.316. The Morgan fingerprint density at radius 1 is 1.07 bits per heavy atom. The highest BCUT2D eigenvalue weighted by molar-refractivity contribution is 7.12. The van der Waals surface area contributed by atoms with Gasteiger partial charge in [0.2, 0.25) is 0 Å². The van der Waals surface area contributed by atoms with Crippen molar-refractivity contribution in [3.8, 4) is 0 Å². The maximum atomic E-state index is 12.7. The van der Waals surface area contributed by atoms with Crippen LogP contribution in [-0.2, 0) is 18.8 Å². The van der Waals surface area contributed by atoms with Crippen molar-refractivity contribution in [2.75, 3.05) is 36.5 Å². The number of amides is 1. The SMILES string of the molecule is Cn1c(=O)c(=O)n(C)c2cc(N3CCOCC3)c(NC(=O)c3cccs3)cc21. The first kappa shape index (κ1) is 18.5. The third-order valence-corrected chi connectivity index (χ3v) is 5.82. The summed E-state index contributed by atoms with van der Waals surface area (Å²) in [6.45, 7) is 2.52. The number of benzene rings is 1. The molecule has 0 atom stereocenters. The molecule has 1 aliphatic rings. The number of carbonyl (C=O) groups is 1. The van der Waals surface area contributed by atoms with E-state index in [9.17, 15) is 14.4 Å². The van der Waals surface area contributed by atoms with E-state index in [0.717, 1.165) is 5.69 Å². The van der Waals surface area contributed by atoms with Crippen molar-refractivity contribution in [2.24, 2.45) is 14.1 Å². The summed E-state index contributed by atoms with van der Waals surface area (Å²) in [5.74, 6) is -0.210. The van der Waals surface area contributed by atoms with Crippen molar-refractivity contribution in [3.05, 3.63) is 55.2 Å². The first-order valence-electron chi connectivity index (χ1n) is 8.88. The molecule has 1 aromatic carbocycles. The number of fused-ring (bicyclic) bond motifs is 1. The van der Waals surface area contributed by atoms with Gasteiger partial charge in [-0.25, -0.2) is 0 Å². The number of nitrogens with zero attached hydrogens (tertiary/aromatic N) is 3. The third-order valence-electron chi connectivity index (χ3n) is 4.95. The lowest BCUT2D eigenvalue weighted by atomic mass is 10.1. The Balaban J connectivity index is 1.90. The normalized spacial score (nSPS) is 14.4. The van der Waals surface area contributed by atoms with Gasteiger partial charge in [0.25, 0.3) is 5.91 Å². The standard InChI is InChI=1S/C19H20N4O4S/c1-21-14-10-12(20-17(24)16-4-3-9-28-16)13(23-5-7-27-8-6-23)11-15(14)22(2)19(26)18(21)25/h3-4,9-11H,5-8H2,1-2H3,(H,20,24). The van der Waals surface area contributed by atoms with Gasteiger partial charge in [-0.05, 0) is 23.6 Å². The van der Waals surface area contributed by atoms with E-state index in [-0.39, 0.29) is 5.91 Å². The van der Waals surface area contributed by atoms with Crippen molar-refractivity contribution < 1.29 is 9.53 Å². The summed E-state index contributed by atoms with van der Waals surface area (Å²) >= 11 is 1.36. The first-order valence-corrected chi connectivity index (χ1v) is 9.76. The zero-order chi connectivity index (χ0) is 19.8. The molecule has 1 N–H and O–H groups in total. The van der Waals surface area contributed by atoms with Crippen LogP contribution in [0.25, 0.3) is 11.0 Å². The summed E-state index contributed by atoms with van der Waals surface area (Å²) in [6, 6.07) is 7.19. The highest BCUT2D eigenvalue weighted by Gasteiger charge is 2.20. The quantitative estimate of drug-likeness (QED) is 0.672. The Labute approximate surface area is 164 Å². The van der Waals surface area contributed by atoms with Crippen LogP contribution in [0.5, 0.6) is 0 Å². The number of aryl methyl sites for hydroxylation is 2. The molecule has 0 spiro atoms. The summed E-state index contributed by atoms with van der Waals surface area (Å²) in [5.41, 5.74) is 1.41. The predicted molar refractivity (Wildman–Crippen MR) is 110 cm³/mol. The fourth-order valence-corrected chi connectivity index (χ4v) is 3.99. The Hall–Kier alpha value is -2.91. The number of aromatic nitrogens is 2. The maximum absolute atomic E-state index is 12.7. The Bertz CT molecular complexity index is 1160. The molecule has 0 unspecified atom stereocenters. The van der Waals surface area contributed by atoms with Crippen LogP contribution >= 0.6 is 11.3 Å². The number of morpholine rings is 1. The van der Waals surface area contributed by atoms with E-state index in [0.29, 0.717) is 47.9 Å². The van der Waals surface area contributed by atoms with Crippen LogP contribution in [0.2, 0.25) is 0 Å². The zero-order valence-corrected chi connectivity index (χ0v) is 16.4. The molecule has 0 radical (unpaired) electrons. The van der Waals surface area contributed by atoms with Crippen LogP contribution in [0.15, 0.2) is 39.2 Å². The predicted octanol–water partition coefficient (Wildman–Crippen LogP) is 1.39. The van der Waals surface area contributed by atoms with E-state index in [1.54, 1.807) is 26.2 Å². The van der Waals surface area contributed by atoms with Gasteiger partial charge in [-0.15, -0.1) is 11.3 Å². The Morgan fingerprint density at radius 2 is 1.71 bits per heavy atom. The second kappa shape index (κ2) is 7.25. The number of hydrogen-bond donors (Lipinski definition) is 1. The number of ether oxygens (including phenoxy) is 1. The van der Waals surface area contributed by atoms with Gasteiger partial charge in [-0.2, -0.15) is 0 Å². The molecule has 0 aliphatic carbocycles. The minimum absolute atomic E-state index is 0.210. The van der Waals surface area contributed by atoms with Crippen molar-refractivity contribution in [1.82, 2.24) is 9.13 Å². The molecule has 0 bridgehead atoms. The number of nitrogens with one attached hydrogen (secondary N) is 1. The molecule has 3 aromatic rings. The van der Waals surface area contributed by atoms with Crippen molar-refractivity contribution >= 4 is 39.7 Å². The molecule has 146 valence electrons. The van der Waals surface area contributed by atoms with Gasteiger partial charge < -0.3 is 24.1 Å². The average molecular weight is 400 g/mol. The molecule has 3 heterocycles. The molecule has 1 saturated heterocycles. The molecule has 28 heavy (non-hydrogen) atoms. The molecule has 0 saturated carbocycles. The molecule has 1 fully saturated rings. The van der Waals surface area contributed by atoms with Crippen LogP contribution in [0.4, 0.5) is 11.4 Å². The second-order valence-corrected chi connectivity index (χ2v) is 7.56. The molecular weight excluding hydrogens is 380 g/mol. The molecule has 9 heteroatoms. The minimum Gasteiger partial charge on any atom is -0.378 e. The van der Waals surface area contributed by atoms with Gasteiger partial charge in [-0.1, -0.05) is 6.07 Å². The Kier molecular flexibility index (Phi) is 4.78. The van der Waals surface area contributed by atoms with E-state index >= 15 is 0 Å². The fourth-order valence-electron chi connectivity index (χ4n) is 3.37. The van der Waals surface area contributed by atoms with Gasteiger partial charge in [0.1, 0.15) is 0 Å². The zero-order valence-electron chi connectivity index (χ0n) is 15.6. The van der Waals surface area contributed by atoms with E-state index < -0.39 is 11.1 Å². The molecule has 1 amide bonds. The largest absolute Gasteiger partial charge is 0.378 e.